The molecule has 1 fully saturated rings. The lowest BCUT2D eigenvalue weighted by Gasteiger charge is -2.25. The van der Waals surface area contributed by atoms with Gasteiger partial charge in [0.2, 0.25) is 0 Å². The van der Waals surface area contributed by atoms with Gasteiger partial charge in [-0.2, -0.15) is 0 Å². The predicted molar refractivity (Wildman–Crippen MR) is 135 cm³/mol. The number of hydrogen-bond donors (Lipinski definition) is 3. The van der Waals surface area contributed by atoms with Crippen LogP contribution in [0.15, 0.2) is 60.7 Å². The topological polar surface area (TPSA) is 121 Å². The first kappa shape index (κ1) is 26.6. The molecule has 1 aliphatic heterocycles. The molecule has 1 saturated carbocycles. The summed E-state index contributed by atoms with van der Waals surface area (Å²) in [4.78, 5) is 19.1. The minimum Gasteiger partial charge on any atom is -0.478 e. The molecular weight excluding hydrogens is 466 g/mol. The highest BCUT2D eigenvalue weighted by molar-refractivity contribution is 7.92. The third-order valence-electron chi connectivity index (χ3n) is 6.49. The van der Waals surface area contributed by atoms with Crippen LogP contribution in [0, 0.1) is 0 Å². The van der Waals surface area contributed by atoms with Crippen molar-refractivity contribution in [3.8, 4) is 0 Å². The van der Waals surface area contributed by atoms with Crippen molar-refractivity contribution in [2.75, 3.05) is 12.3 Å². The van der Waals surface area contributed by atoms with E-state index in [2.05, 4.69) is 53.8 Å². The minimum absolute atomic E-state index is 0.0779. The van der Waals surface area contributed by atoms with E-state index in [1.807, 2.05) is 0 Å². The fraction of sp³-hybridized carbons (Fsp3) is 0.407. The second kappa shape index (κ2) is 12.7. The highest BCUT2D eigenvalue weighted by Gasteiger charge is 2.30. The van der Waals surface area contributed by atoms with Crippen molar-refractivity contribution in [1.29, 1.82) is 0 Å². The van der Waals surface area contributed by atoms with Gasteiger partial charge in [-0.3, -0.25) is 0 Å². The number of aryl methyl sites for hydroxylation is 2. The molecule has 1 atom stereocenters. The van der Waals surface area contributed by atoms with Gasteiger partial charge in [-0.05, 0) is 67.3 Å². The molecule has 0 radical (unpaired) electrons. The highest BCUT2D eigenvalue weighted by atomic mass is 32.2. The molecule has 1 heterocycles. The molecule has 0 bridgehead atoms. The largest absolute Gasteiger partial charge is 0.478 e. The summed E-state index contributed by atoms with van der Waals surface area (Å²) in [6.07, 6.45) is 7.73. The normalized spacial score (nSPS) is 18.0. The summed E-state index contributed by atoms with van der Waals surface area (Å²) in [6.45, 7) is 1.03. The average molecular weight is 500 g/mol. The van der Waals surface area contributed by atoms with E-state index in [9.17, 15) is 18.0 Å². The van der Waals surface area contributed by atoms with Crippen LogP contribution in [0.25, 0.3) is 0 Å². The van der Waals surface area contributed by atoms with Crippen LogP contribution in [0.5, 0.6) is 0 Å². The van der Waals surface area contributed by atoms with Crippen LogP contribution in [0.3, 0.4) is 0 Å². The number of fused-ring (bicyclic) bond motifs is 1. The Labute approximate surface area is 206 Å². The van der Waals surface area contributed by atoms with Gasteiger partial charge in [0.15, 0.2) is 9.84 Å². The van der Waals surface area contributed by atoms with E-state index in [-0.39, 0.29) is 11.0 Å². The number of carboxylic acid groups (broad SMARTS) is 2. The Hall–Kier alpha value is -2.97. The molecule has 2 aromatic carbocycles. The Morgan fingerprint density at radius 2 is 1.63 bits per heavy atom. The number of nitrogens with one attached hydrogen (secondary N) is 1. The van der Waals surface area contributed by atoms with Crippen LogP contribution in [0.4, 0.5) is 0 Å². The van der Waals surface area contributed by atoms with Crippen molar-refractivity contribution >= 4 is 21.8 Å². The summed E-state index contributed by atoms with van der Waals surface area (Å²) in [6, 6.07) is 17.5. The van der Waals surface area contributed by atoms with Gasteiger partial charge in [-0.1, -0.05) is 55.0 Å². The standard InChI is InChI=1S/C23H29NO2S.C4H4O4/c25-27(26,21-9-4-10-21)15-13-19-11-12-20-8-5-14-24-23(22(20)16-19)17-18-6-2-1-3-7-18;5-3(6)1-2-4(7)8/h1-3,6-7,11-12,16,21,23-24H,4-5,8-10,13-15,17H2;1-2H,(H,5,6)(H,7,8)/b;2-1+. The lowest BCUT2D eigenvalue weighted by Crippen LogP contribution is -2.31. The number of hydrogen-bond acceptors (Lipinski definition) is 5. The van der Waals surface area contributed by atoms with E-state index in [1.54, 1.807) is 0 Å². The van der Waals surface area contributed by atoms with Crippen LogP contribution in [0.2, 0.25) is 0 Å². The summed E-state index contributed by atoms with van der Waals surface area (Å²) < 4.78 is 24.8. The van der Waals surface area contributed by atoms with Crippen molar-refractivity contribution in [3.05, 3.63) is 82.9 Å². The Kier molecular flexibility index (Phi) is 9.63. The number of carboxylic acids is 2. The number of aliphatic carboxylic acids is 2. The van der Waals surface area contributed by atoms with Gasteiger partial charge in [0, 0.05) is 18.2 Å². The Morgan fingerprint density at radius 3 is 2.23 bits per heavy atom. The monoisotopic (exact) mass is 499 g/mol. The maximum atomic E-state index is 12.4. The molecule has 35 heavy (non-hydrogen) atoms. The van der Waals surface area contributed by atoms with Crippen molar-refractivity contribution < 1.29 is 28.2 Å². The zero-order valence-corrected chi connectivity index (χ0v) is 20.5. The smallest absolute Gasteiger partial charge is 0.328 e. The molecule has 3 N–H and O–H groups in total. The molecule has 2 aliphatic rings. The van der Waals surface area contributed by atoms with Gasteiger partial charge in [-0.15, -0.1) is 0 Å². The van der Waals surface area contributed by atoms with Crippen molar-refractivity contribution in [2.45, 2.75) is 56.2 Å². The van der Waals surface area contributed by atoms with Gasteiger partial charge in [0.05, 0.1) is 11.0 Å². The first-order valence-electron chi connectivity index (χ1n) is 12.0. The molecule has 1 unspecified atom stereocenters. The summed E-state index contributed by atoms with van der Waals surface area (Å²) in [7, 11) is -2.93. The van der Waals surface area contributed by atoms with Crippen molar-refractivity contribution in [3.63, 3.8) is 0 Å². The summed E-state index contributed by atoms with van der Waals surface area (Å²) >= 11 is 0. The molecule has 1 aliphatic carbocycles. The van der Waals surface area contributed by atoms with Crippen molar-refractivity contribution in [2.24, 2.45) is 0 Å². The van der Waals surface area contributed by atoms with Crippen LogP contribution in [0.1, 0.15) is 54.0 Å². The molecule has 0 amide bonds. The zero-order valence-electron chi connectivity index (χ0n) is 19.7. The number of carbonyl (C=O) groups is 2. The van der Waals surface area contributed by atoms with E-state index >= 15 is 0 Å². The summed E-state index contributed by atoms with van der Waals surface area (Å²) in [5, 5.41) is 19.3. The van der Waals surface area contributed by atoms with E-state index in [4.69, 9.17) is 10.2 Å². The van der Waals surface area contributed by atoms with Gasteiger partial charge in [0.25, 0.3) is 0 Å². The third kappa shape index (κ3) is 8.33. The molecule has 2 aromatic rings. The summed E-state index contributed by atoms with van der Waals surface area (Å²) in [5.41, 5.74) is 5.25. The number of rotatable bonds is 8. The molecule has 8 heteroatoms. The summed E-state index contributed by atoms with van der Waals surface area (Å²) in [5.74, 6) is -2.23. The minimum atomic E-state index is -2.93. The van der Waals surface area contributed by atoms with Gasteiger partial charge in [-0.25, -0.2) is 18.0 Å². The average Bonchev–Trinajstić information content (AvgIpc) is 2.98. The molecule has 0 saturated heterocycles. The quantitative estimate of drug-likeness (QED) is 0.473. The highest BCUT2D eigenvalue weighted by Crippen LogP contribution is 2.29. The van der Waals surface area contributed by atoms with Crippen LogP contribution < -0.4 is 5.32 Å². The Bertz CT molecular complexity index is 1120. The van der Waals surface area contributed by atoms with Crippen LogP contribution in [-0.4, -0.2) is 48.1 Å². The molecule has 0 aromatic heterocycles. The second-order valence-electron chi connectivity index (χ2n) is 9.01. The zero-order chi connectivity index (χ0) is 25.3. The third-order valence-corrected chi connectivity index (χ3v) is 8.75. The van der Waals surface area contributed by atoms with Gasteiger partial charge in [0.1, 0.15) is 0 Å². The maximum absolute atomic E-state index is 12.4. The van der Waals surface area contributed by atoms with Gasteiger partial charge < -0.3 is 15.5 Å². The first-order chi connectivity index (χ1) is 16.7. The molecule has 188 valence electrons. The maximum Gasteiger partial charge on any atom is 0.328 e. The van der Waals surface area contributed by atoms with Gasteiger partial charge >= 0.3 is 11.9 Å². The van der Waals surface area contributed by atoms with E-state index in [0.29, 0.717) is 24.6 Å². The lowest BCUT2D eigenvalue weighted by atomic mass is 9.92. The van der Waals surface area contributed by atoms with Crippen LogP contribution in [-0.2, 0) is 38.7 Å². The lowest BCUT2D eigenvalue weighted by molar-refractivity contribution is -0.134. The Balaban J connectivity index is 0.000000371. The molecule has 0 spiro atoms. The number of benzene rings is 2. The number of sulfone groups is 1. The van der Waals surface area contributed by atoms with Crippen molar-refractivity contribution in [1.82, 2.24) is 5.32 Å². The molecule has 4 rings (SSSR count). The second-order valence-corrected chi connectivity index (χ2v) is 11.4. The molecule has 7 nitrogen and oxygen atoms in total. The fourth-order valence-electron chi connectivity index (χ4n) is 4.35. The SMILES string of the molecule is O=C(O)/C=C/C(=O)O.O=S(=O)(CCc1ccc2c(c1)C(Cc1ccccc1)NCCC2)C1CCC1. The fourth-order valence-corrected chi connectivity index (χ4v) is 6.25. The van der Waals surface area contributed by atoms with E-state index in [1.165, 1.54) is 16.7 Å². The molecular formula is C27H33NO6S. The van der Waals surface area contributed by atoms with E-state index < -0.39 is 21.8 Å². The Morgan fingerprint density at radius 1 is 0.943 bits per heavy atom. The predicted octanol–water partition coefficient (Wildman–Crippen LogP) is 3.73. The van der Waals surface area contributed by atoms with Crippen LogP contribution >= 0.6 is 0 Å². The first-order valence-corrected chi connectivity index (χ1v) is 13.7. The van der Waals surface area contributed by atoms with E-state index in [0.717, 1.165) is 50.6 Å².